The number of hydrogen-bond acceptors (Lipinski definition) is 5. The number of nitrogens with one attached hydrogen (secondary N) is 2. The molecule has 0 bridgehead atoms. The molecule has 3 atom stereocenters. The molecule has 7 nitrogen and oxygen atoms in total. The first-order valence-electron chi connectivity index (χ1n) is 13.3. The van der Waals surface area contributed by atoms with Crippen LogP contribution in [-0.2, 0) is 20.8 Å². The highest BCUT2D eigenvalue weighted by Crippen LogP contribution is 2.28. The summed E-state index contributed by atoms with van der Waals surface area (Å²) >= 11 is 12.0. The zero-order valence-corrected chi connectivity index (χ0v) is 25.1. The van der Waals surface area contributed by atoms with Gasteiger partial charge < -0.3 is 20.1 Å². The smallest absolute Gasteiger partial charge is 0.452 e. The van der Waals surface area contributed by atoms with Crippen molar-refractivity contribution in [3.63, 3.8) is 0 Å². The van der Waals surface area contributed by atoms with Crippen molar-refractivity contribution in [3.05, 3.63) is 94.0 Å². The van der Waals surface area contributed by atoms with Crippen LogP contribution in [0.15, 0.2) is 72.8 Å². The Kier molecular flexibility index (Phi) is 11.9. The van der Waals surface area contributed by atoms with E-state index < -0.39 is 47.9 Å². The highest BCUT2D eigenvalue weighted by Gasteiger charge is 2.45. The molecule has 0 fully saturated rings. The summed E-state index contributed by atoms with van der Waals surface area (Å²) in [5, 5.41) is 5.72. The lowest BCUT2D eigenvalue weighted by molar-refractivity contribution is -0.175. The number of ketones is 1. The molecule has 0 radical (unpaired) electrons. The van der Waals surface area contributed by atoms with Gasteiger partial charge >= 0.3 is 6.18 Å². The van der Waals surface area contributed by atoms with E-state index in [1.807, 2.05) is 0 Å². The monoisotopic (exact) mass is 638 g/mol. The number of Topliss-reactive ketones (excluding diaryl/α,β-unsaturated/α-hetero) is 1. The molecule has 0 saturated heterocycles. The molecule has 3 aromatic carbocycles. The molecule has 0 aliphatic rings. The van der Waals surface area contributed by atoms with E-state index in [1.165, 1.54) is 21.0 Å². The Morgan fingerprint density at radius 3 is 1.86 bits per heavy atom. The molecule has 0 heterocycles. The maximum Gasteiger partial charge on any atom is 0.452 e. The van der Waals surface area contributed by atoms with Crippen LogP contribution in [0.4, 0.5) is 13.2 Å². The second kappa shape index (κ2) is 15.1. The van der Waals surface area contributed by atoms with Gasteiger partial charge in [0.25, 0.3) is 5.78 Å². The molecule has 43 heavy (non-hydrogen) atoms. The Labute approximate surface area is 257 Å². The van der Waals surface area contributed by atoms with Gasteiger partial charge in [-0.1, -0.05) is 61.3 Å². The molecule has 0 aliphatic carbocycles. The summed E-state index contributed by atoms with van der Waals surface area (Å²) in [5.74, 6) is -3.47. The third-order valence-corrected chi connectivity index (χ3v) is 6.99. The summed E-state index contributed by atoms with van der Waals surface area (Å²) in [7, 11) is 1.52. The van der Waals surface area contributed by atoms with E-state index in [0.717, 1.165) is 0 Å². The van der Waals surface area contributed by atoms with E-state index in [2.05, 4.69) is 10.6 Å². The van der Waals surface area contributed by atoms with Gasteiger partial charge in [-0.05, 0) is 65.6 Å². The van der Waals surface area contributed by atoms with Gasteiger partial charge in [0.1, 0.15) is 23.6 Å². The highest BCUT2D eigenvalue weighted by molar-refractivity contribution is 6.30. The lowest BCUT2D eigenvalue weighted by atomic mass is 9.97. The van der Waals surface area contributed by atoms with Crippen LogP contribution in [-0.4, -0.2) is 43.0 Å². The minimum Gasteiger partial charge on any atom is -0.497 e. The summed E-state index contributed by atoms with van der Waals surface area (Å²) in [4.78, 5) is 38.7. The number of hydrogen-bond donors (Lipinski definition) is 2. The van der Waals surface area contributed by atoms with Crippen molar-refractivity contribution >= 4 is 40.8 Å². The second-order valence-corrected chi connectivity index (χ2v) is 11.0. The summed E-state index contributed by atoms with van der Waals surface area (Å²) in [6.45, 7) is 2.77. The van der Waals surface area contributed by atoms with Crippen molar-refractivity contribution in [2.45, 2.75) is 51.1 Å². The van der Waals surface area contributed by atoms with E-state index in [-0.39, 0.29) is 12.8 Å². The number of methoxy groups -OCH3 is 1. The van der Waals surface area contributed by atoms with E-state index >= 15 is 0 Å². The molecule has 2 amide bonds. The standard InChI is InChI=1S/C31H31Cl2F3N2O5/c1-18(2)28(29(40)31(34,35)36)38-30(41)25(16-19-4-8-21(32)9-5-19)37-27(39)17-26(20-6-10-22(33)11-7-20)43-24-14-12-23(42-3)13-15-24/h4-15,18,25-26,28H,16-17H2,1-3H3,(H,37,39)(H,38,41)/t25-,26-,28-/m0/s1. The molecule has 12 heteroatoms. The first-order valence-corrected chi connectivity index (χ1v) is 14.0. The average molecular weight is 639 g/mol. The zero-order valence-electron chi connectivity index (χ0n) is 23.6. The number of benzene rings is 3. The minimum absolute atomic E-state index is 0.0787. The van der Waals surface area contributed by atoms with Gasteiger partial charge in [-0.2, -0.15) is 13.2 Å². The second-order valence-electron chi connectivity index (χ2n) is 10.1. The molecule has 230 valence electrons. The predicted molar refractivity (Wildman–Crippen MR) is 157 cm³/mol. The van der Waals surface area contributed by atoms with Gasteiger partial charge in [-0.3, -0.25) is 14.4 Å². The van der Waals surface area contributed by atoms with Gasteiger partial charge in [0, 0.05) is 16.5 Å². The van der Waals surface area contributed by atoms with Gasteiger partial charge in [-0.15, -0.1) is 0 Å². The molecule has 0 unspecified atom stereocenters. The Morgan fingerprint density at radius 2 is 1.35 bits per heavy atom. The molecule has 0 aliphatic heterocycles. The maximum atomic E-state index is 13.4. The number of halogens is 5. The number of alkyl halides is 3. The zero-order chi connectivity index (χ0) is 31.7. The minimum atomic E-state index is -5.15. The summed E-state index contributed by atoms with van der Waals surface area (Å²) in [6.07, 6.45) is -6.31. The van der Waals surface area contributed by atoms with Crippen LogP contribution in [0.25, 0.3) is 0 Å². The van der Waals surface area contributed by atoms with Crippen LogP contribution in [0, 0.1) is 5.92 Å². The molecule has 0 saturated carbocycles. The van der Waals surface area contributed by atoms with Crippen molar-refractivity contribution in [1.29, 1.82) is 0 Å². The van der Waals surface area contributed by atoms with Crippen LogP contribution >= 0.6 is 23.2 Å². The first-order chi connectivity index (χ1) is 20.3. The van der Waals surface area contributed by atoms with Crippen molar-refractivity contribution < 1.29 is 37.0 Å². The Bertz CT molecular complexity index is 1380. The SMILES string of the molecule is COc1ccc(O[C@@H](CC(=O)N[C@@H](Cc2ccc(Cl)cc2)C(=O)N[C@H](C(=O)C(F)(F)F)C(C)C)c2ccc(Cl)cc2)cc1. The molecule has 3 rings (SSSR count). The van der Waals surface area contributed by atoms with Crippen molar-refractivity contribution in [3.8, 4) is 11.5 Å². The predicted octanol–water partition coefficient (Wildman–Crippen LogP) is 6.51. The number of carbonyl (C=O) groups excluding carboxylic acids is 3. The number of rotatable bonds is 13. The number of amides is 2. The Balaban J connectivity index is 1.85. The summed E-state index contributed by atoms with van der Waals surface area (Å²) < 4.78 is 51.0. The van der Waals surface area contributed by atoms with Crippen LogP contribution in [0.1, 0.15) is 37.5 Å². The van der Waals surface area contributed by atoms with Crippen molar-refractivity contribution in [2.75, 3.05) is 7.11 Å². The molecular formula is C31H31Cl2F3N2O5. The molecular weight excluding hydrogens is 608 g/mol. The van der Waals surface area contributed by atoms with Crippen LogP contribution in [0.2, 0.25) is 10.0 Å². The highest BCUT2D eigenvalue weighted by atomic mass is 35.5. The summed E-state index contributed by atoms with van der Waals surface area (Å²) in [5.41, 5.74) is 1.20. The lowest BCUT2D eigenvalue weighted by Crippen LogP contribution is -2.56. The Morgan fingerprint density at radius 1 is 0.814 bits per heavy atom. The molecule has 2 N–H and O–H groups in total. The van der Waals surface area contributed by atoms with Crippen molar-refractivity contribution in [1.82, 2.24) is 10.6 Å². The van der Waals surface area contributed by atoms with E-state index in [1.54, 1.807) is 72.8 Å². The van der Waals surface area contributed by atoms with E-state index in [0.29, 0.717) is 32.7 Å². The molecule has 3 aromatic rings. The maximum absolute atomic E-state index is 13.4. The number of carbonyl (C=O) groups is 3. The largest absolute Gasteiger partial charge is 0.497 e. The van der Waals surface area contributed by atoms with Crippen LogP contribution in [0.5, 0.6) is 11.5 Å². The third kappa shape index (κ3) is 10.2. The molecule has 0 spiro atoms. The topological polar surface area (TPSA) is 93.7 Å². The van der Waals surface area contributed by atoms with Gasteiger partial charge in [-0.25, -0.2) is 0 Å². The normalized spacial score (nSPS) is 13.5. The fraction of sp³-hybridized carbons (Fsp3) is 0.323. The Hall–Kier alpha value is -3.76. The van der Waals surface area contributed by atoms with Crippen LogP contribution < -0.4 is 20.1 Å². The van der Waals surface area contributed by atoms with Gasteiger partial charge in [0.2, 0.25) is 11.8 Å². The van der Waals surface area contributed by atoms with Crippen LogP contribution in [0.3, 0.4) is 0 Å². The molecule has 0 aromatic heterocycles. The lowest BCUT2D eigenvalue weighted by Gasteiger charge is -2.26. The van der Waals surface area contributed by atoms with E-state index in [9.17, 15) is 27.6 Å². The first kappa shape index (κ1) is 33.7. The number of ether oxygens (including phenoxy) is 2. The van der Waals surface area contributed by atoms with Gasteiger partial charge in [0.05, 0.1) is 19.6 Å². The fourth-order valence-corrected chi connectivity index (χ4v) is 4.43. The van der Waals surface area contributed by atoms with Gasteiger partial charge in [0.15, 0.2) is 0 Å². The summed E-state index contributed by atoms with van der Waals surface area (Å²) in [6, 6.07) is 16.6. The van der Waals surface area contributed by atoms with Crippen molar-refractivity contribution in [2.24, 2.45) is 5.92 Å². The third-order valence-electron chi connectivity index (χ3n) is 6.48. The fourth-order valence-electron chi connectivity index (χ4n) is 4.18. The average Bonchev–Trinajstić information content (AvgIpc) is 2.96. The quantitative estimate of drug-likeness (QED) is 0.223. The van der Waals surface area contributed by atoms with E-state index in [4.69, 9.17) is 32.7 Å².